The van der Waals surface area contributed by atoms with Gasteiger partial charge in [0.1, 0.15) is 0 Å². The predicted octanol–water partition coefficient (Wildman–Crippen LogP) is 2.77. The maximum Gasteiger partial charge on any atom is 0.262 e. The number of carbonyl (C=O) groups is 1. The minimum atomic E-state index is -0.154. The number of amides is 1. The molecule has 1 amide bonds. The lowest BCUT2D eigenvalue weighted by molar-refractivity contribution is 0.0939. The van der Waals surface area contributed by atoms with E-state index in [1.54, 1.807) is 22.8 Å². The zero-order chi connectivity index (χ0) is 18.0. The van der Waals surface area contributed by atoms with Gasteiger partial charge in [-0.15, -0.1) is 0 Å². The second-order valence-electron chi connectivity index (χ2n) is 6.52. The molecule has 0 aliphatic carbocycles. The minimum Gasteiger partial charge on any atom is -0.376 e. The van der Waals surface area contributed by atoms with Crippen LogP contribution in [0, 0.1) is 4.77 Å². The zero-order valence-corrected chi connectivity index (χ0v) is 15.3. The van der Waals surface area contributed by atoms with Crippen LogP contribution < -0.4 is 10.9 Å². The molecule has 0 bridgehead atoms. The molecule has 0 radical (unpaired) electrons. The molecule has 7 heteroatoms. The Kier molecular flexibility index (Phi) is 5.34. The molecule has 1 fully saturated rings. The number of aromatic nitrogens is 2. The van der Waals surface area contributed by atoms with E-state index in [0.29, 0.717) is 27.8 Å². The van der Waals surface area contributed by atoms with Gasteiger partial charge in [-0.3, -0.25) is 14.2 Å². The van der Waals surface area contributed by atoms with Crippen LogP contribution in [0.3, 0.4) is 0 Å². The van der Waals surface area contributed by atoms with E-state index in [1.807, 2.05) is 13.8 Å². The summed E-state index contributed by atoms with van der Waals surface area (Å²) in [5, 5.41) is 3.44. The van der Waals surface area contributed by atoms with Crippen LogP contribution in [0.1, 0.15) is 43.5 Å². The summed E-state index contributed by atoms with van der Waals surface area (Å²) >= 11 is 5.35. The largest absolute Gasteiger partial charge is 0.376 e. The van der Waals surface area contributed by atoms with Crippen LogP contribution in [0.4, 0.5) is 0 Å². The van der Waals surface area contributed by atoms with Crippen molar-refractivity contribution >= 4 is 29.0 Å². The van der Waals surface area contributed by atoms with E-state index in [4.69, 9.17) is 17.0 Å². The van der Waals surface area contributed by atoms with Crippen molar-refractivity contribution in [2.75, 3.05) is 6.61 Å². The molecule has 25 heavy (non-hydrogen) atoms. The SMILES string of the molecule is CC[C@@H](C)NC(=O)c1ccc2c(=O)n(C[C@H]3CCCO3)c(=S)[nH]c2c1. The van der Waals surface area contributed by atoms with Crippen LogP contribution >= 0.6 is 12.2 Å². The Hall–Kier alpha value is -1.99. The first kappa shape index (κ1) is 17.8. The fourth-order valence-corrected chi connectivity index (χ4v) is 3.23. The Bertz CT molecular complexity index is 897. The fourth-order valence-electron chi connectivity index (χ4n) is 2.96. The average molecular weight is 361 g/mol. The molecule has 2 heterocycles. The lowest BCUT2D eigenvalue weighted by atomic mass is 10.1. The van der Waals surface area contributed by atoms with Crippen molar-refractivity contribution < 1.29 is 9.53 Å². The third kappa shape index (κ3) is 3.82. The highest BCUT2D eigenvalue weighted by atomic mass is 32.1. The van der Waals surface area contributed by atoms with E-state index in [9.17, 15) is 9.59 Å². The maximum absolute atomic E-state index is 12.8. The number of fused-ring (bicyclic) bond motifs is 1. The van der Waals surface area contributed by atoms with Crippen molar-refractivity contribution in [3.8, 4) is 0 Å². The summed E-state index contributed by atoms with van der Waals surface area (Å²) in [4.78, 5) is 28.1. The maximum atomic E-state index is 12.8. The van der Waals surface area contributed by atoms with Crippen molar-refractivity contribution in [3.63, 3.8) is 0 Å². The van der Waals surface area contributed by atoms with Crippen molar-refractivity contribution in [2.45, 2.75) is 51.8 Å². The van der Waals surface area contributed by atoms with E-state index < -0.39 is 0 Å². The normalized spacial score (nSPS) is 18.4. The summed E-state index contributed by atoms with van der Waals surface area (Å²) in [6, 6.07) is 5.14. The van der Waals surface area contributed by atoms with E-state index in [0.717, 1.165) is 25.9 Å². The monoisotopic (exact) mass is 361 g/mol. The Labute approximate surface area is 151 Å². The molecule has 3 rings (SSSR count). The zero-order valence-electron chi connectivity index (χ0n) is 14.5. The fraction of sp³-hybridized carbons (Fsp3) is 0.500. The van der Waals surface area contributed by atoms with Crippen LogP contribution in [0.15, 0.2) is 23.0 Å². The highest BCUT2D eigenvalue weighted by Gasteiger charge is 2.18. The van der Waals surface area contributed by atoms with Gasteiger partial charge in [0, 0.05) is 18.2 Å². The Morgan fingerprint density at radius 3 is 3.00 bits per heavy atom. The van der Waals surface area contributed by atoms with E-state index in [2.05, 4.69) is 10.3 Å². The van der Waals surface area contributed by atoms with Gasteiger partial charge in [0.25, 0.3) is 11.5 Å². The number of nitrogens with one attached hydrogen (secondary N) is 2. The van der Waals surface area contributed by atoms with Crippen LogP contribution in [0.25, 0.3) is 10.9 Å². The molecule has 6 nitrogen and oxygen atoms in total. The molecule has 1 aliphatic rings. The van der Waals surface area contributed by atoms with Crippen LogP contribution in [0.2, 0.25) is 0 Å². The van der Waals surface area contributed by atoms with Gasteiger partial charge in [0.2, 0.25) is 0 Å². The van der Waals surface area contributed by atoms with Gasteiger partial charge in [-0.1, -0.05) is 6.92 Å². The standard InChI is InChI=1S/C18H23N3O3S/c1-3-11(2)19-16(22)12-6-7-14-15(9-12)20-18(25)21(17(14)23)10-13-5-4-8-24-13/h6-7,9,11,13H,3-5,8,10H2,1-2H3,(H,19,22)(H,20,25)/t11-,13-/m1/s1. The van der Waals surface area contributed by atoms with Crippen LogP contribution in [-0.4, -0.2) is 34.2 Å². The second-order valence-corrected chi connectivity index (χ2v) is 6.91. The Morgan fingerprint density at radius 2 is 2.32 bits per heavy atom. The lowest BCUT2D eigenvalue weighted by Gasteiger charge is -2.14. The van der Waals surface area contributed by atoms with Crippen molar-refractivity contribution in [1.82, 2.24) is 14.9 Å². The molecule has 1 aromatic carbocycles. The molecule has 134 valence electrons. The van der Waals surface area contributed by atoms with Gasteiger partial charge in [-0.25, -0.2) is 0 Å². The van der Waals surface area contributed by atoms with Gasteiger partial charge < -0.3 is 15.0 Å². The number of benzene rings is 1. The quantitative estimate of drug-likeness (QED) is 0.803. The smallest absolute Gasteiger partial charge is 0.262 e. The second kappa shape index (κ2) is 7.49. The third-order valence-electron chi connectivity index (χ3n) is 4.64. The van der Waals surface area contributed by atoms with Gasteiger partial charge in [0.05, 0.1) is 23.6 Å². The number of carbonyl (C=O) groups excluding carboxylic acids is 1. The highest BCUT2D eigenvalue weighted by Crippen LogP contribution is 2.15. The van der Waals surface area contributed by atoms with E-state index in [1.165, 1.54) is 0 Å². The summed E-state index contributed by atoms with van der Waals surface area (Å²) in [5.74, 6) is -0.154. The van der Waals surface area contributed by atoms with Crippen molar-refractivity contribution in [1.29, 1.82) is 0 Å². The van der Waals surface area contributed by atoms with E-state index in [-0.39, 0.29) is 23.6 Å². The third-order valence-corrected chi connectivity index (χ3v) is 4.97. The Balaban J connectivity index is 1.95. The predicted molar refractivity (Wildman–Crippen MR) is 99.6 cm³/mol. The number of aromatic amines is 1. The number of ether oxygens (including phenoxy) is 1. The molecule has 0 spiro atoms. The minimum absolute atomic E-state index is 0.0332. The lowest BCUT2D eigenvalue weighted by Crippen LogP contribution is -2.32. The molecule has 1 saturated heterocycles. The highest BCUT2D eigenvalue weighted by molar-refractivity contribution is 7.71. The summed E-state index contributed by atoms with van der Waals surface area (Å²) in [5.41, 5.74) is 0.938. The number of hydrogen-bond donors (Lipinski definition) is 2. The molecule has 2 aromatic rings. The first-order valence-electron chi connectivity index (χ1n) is 8.69. The molecule has 1 aliphatic heterocycles. The van der Waals surface area contributed by atoms with Gasteiger partial charge in [-0.2, -0.15) is 0 Å². The van der Waals surface area contributed by atoms with Gasteiger partial charge in [-0.05, 0) is 56.6 Å². The summed E-state index contributed by atoms with van der Waals surface area (Å²) in [6.45, 7) is 5.16. The molecule has 0 saturated carbocycles. The number of H-pyrrole nitrogens is 1. The van der Waals surface area contributed by atoms with Crippen molar-refractivity contribution in [3.05, 3.63) is 38.9 Å². The number of hydrogen-bond acceptors (Lipinski definition) is 4. The Morgan fingerprint density at radius 1 is 1.52 bits per heavy atom. The summed E-state index contributed by atoms with van der Waals surface area (Å²) in [6.07, 6.45) is 2.84. The molecular formula is C18H23N3O3S. The first-order valence-corrected chi connectivity index (χ1v) is 9.09. The van der Waals surface area contributed by atoms with Gasteiger partial charge >= 0.3 is 0 Å². The topological polar surface area (TPSA) is 76.1 Å². The van der Waals surface area contributed by atoms with Crippen molar-refractivity contribution in [2.24, 2.45) is 0 Å². The van der Waals surface area contributed by atoms with Crippen LogP contribution in [0.5, 0.6) is 0 Å². The summed E-state index contributed by atoms with van der Waals surface area (Å²) < 4.78 is 7.51. The number of rotatable bonds is 5. The molecule has 2 atom stereocenters. The average Bonchev–Trinajstić information content (AvgIpc) is 3.11. The van der Waals surface area contributed by atoms with Gasteiger partial charge in [0.15, 0.2) is 4.77 Å². The molecule has 0 unspecified atom stereocenters. The first-order chi connectivity index (χ1) is 12.0. The number of nitrogens with zero attached hydrogens (tertiary/aromatic N) is 1. The molecular weight excluding hydrogens is 338 g/mol. The van der Waals surface area contributed by atoms with E-state index >= 15 is 0 Å². The molecule has 2 N–H and O–H groups in total. The molecule has 1 aromatic heterocycles. The van der Waals surface area contributed by atoms with Crippen LogP contribution in [-0.2, 0) is 11.3 Å². The summed E-state index contributed by atoms with van der Waals surface area (Å²) in [7, 11) is 0.